The van der Waals surface area contributed by atoms with Crippen molar-refractivity contribution in [2.24, 2.45) is 5.92 Å². The van der Waals surface area contributed by atoms with E-state index in [0.717, 1.165) is 26.2 Å². The van der Waals surface area contributed by atoms with Gasteiger partial charge in [0, 0.05) is 51.2 Å². The number of nitriles is 1. The lowest BCUT2D eigenvalue weighted by atomic mass is 9.97. The van der Waals surface area contributed by atoms with Gasteiger partial charge in [0.15, 0.2) is 0 Å². The molecular formula is C22H28N4O3. The molecule has 29 heavy (non-hydrogen) atoms. The average Bonchev–Trinajstić information content (AvgIpc) is 2.74. The highest BCUT2D eigenvalue weighted by Crippen LogP contribution is 2.24. The van der Waals surface area contributed by atoms with Crippen LogP contribution in [0, 0.1) is 31.1 Å². The highest BCUT2D eigenvalue weighted by Gasteiger charge is 2.29. The molecule has 0 atom stereocenters. The van der Waals surface area contributed by atoms with Gasteiger partial charge in [-0.25, -0.2) is 0 Å². The van der Waals surface area contributed by atoms with E-state index in [-0.39, 0.29) is 11.5 Å². The Hall–Kier alpha value is -3.01. The Morgan fingerprint density at radius 3 is 2.34 bits per heavy atom. The van der Waals surface area contributed by atoms with E-state index in [4.69, 9.17) is 5.11 Å². The van der Waals surface area contributed by atoms with Gasteiger partial charge in [0.2, 0.25) is 0 Å². The van der Waals surface area contributed by atoms with Crippen molar-refractivity contribution < 1.29 is 14.7 Å². The number of benzene rings is 1. The lowest BCUT2D eigenvalue weighted by molar-refractivity contribution is -0.145. The molecule has 2 fully saturated rings. The van der Waals surface area contributed by atoms with Crippen molar-refractivity contribution in [3.63, 3.8) is 0 Å². The Bertz CT molecular complexity index is 842. The summed E-state index contributed by atoms with van der Waals surface area (Å²) in [7, 11) is 0. The number of carbonyl (C=O) groups is 2. The number of carboxylic acids is 1. The van der Waals surface area contributed by atoms with Crippen LogP contribution in [0.1, 0.15) is 24.0 Å². The molecule has 2 aliphatic heterocycles. The summed E-state index contributed by atoms with van der Waals surface area (Å²) in [6.07, 6.45) is 2.55. The molecule has 1 aromatic carbocycles. The molecule has 7 nitrogen and oxygen atoms in total. The van der Waals surface area contributed by atoms with Crippen LogP contribution in [0.3, 0.4) is 0 Å². The zero-order chi connectivity index (χ0) is 21.0. The molecule has 3 rings (SSSR count). The molecule has 1 amide bonds. The van der Waals surface area contributed by atoms with Crippen molar-refractivity contribution in [3.05, 3.63) is 41.1 Å². The molecule has 2 heterocycles. The van der Waals surface area contributed by atoms with Crippen molar-refractivity contribution >= 4 is 17.6 Å². The number of piperazine rings is 1. The molecule has 2 aliphatic rings. The summed E-state index contributed by atoms with van der Waals surface area (Å²) in [5.41, 5.74) is 3.92. The lowest BCUT2D eigenvalue weighted by Gasteiger charge is -2.37. The topological polar surface area (TPSA) is 87.9 Å². The van der Waals surface area contributed by atoms with Crippen molar-refractivity contribution in [3.8, 4) is 6.07 Å². The largest absolute Gasteiger partial charge is 0.481 e. The second-order valence-corrected chi connectivity index (χ2v) is 7.80. The molecule has 0 bridgehead atoms. The first-order valence-electron chi connectivity index (χ1n) is 10.1. The van der Waals surface area contributed by atoms with E-state index in [9.17, 15) is 14.9 Å². The van der Waals surface area contributed by atoms with E-state index in [1.807, 2.05) is 11.0 Å². The molecular weight excluding hydrogens is 368 g/mol. The minimum absolute atomic E-state index is 0.124. The number of aryl methyl sites for hydroxylation is 1. The quantitative estimate of drug-likeness (QED) is 0.620. The monoisotopic (exact) mass is 396 g/mol. The maximum Gasteiger partial charge on any atom is 0.306 e. The molecule has 0 saturated carbocycles. The Kier molecular flexibility index (Phi) is 6.42. The number of carbonyl (C=O) groups excluding carboxylic acids is 1. The molecule has 1 N–H and O–H groups in total. The van der Waals surface area contributed by atoms with Crippen molar-refractivity contribution in [2.45, 2.75) is 26.7 Å². The lowest BCUT2D eigenvalue weighted by Crippen LogP contribution is -2.45. The van der Waals surface area contributed by atoms with Crippen LogP contribution in [0.4, 0.5) is 5.69 Å². The first kappa shape index (κ1) is 20.7. The van der Waals surface area contributed by atoms with Crippen LogP contribution in [-0.2, 0) is 9.59 Å². The Labute approximate surface area is 171 Å². The maximum atomic E-state index is 12.7. The fourth-order valence-corrected chi connectivity index (χ4v) is 3.98. The fraction of sp³-hybridized carbons (Fsp3) is 0.500. The van der Waals surface area contributed by atoms with Gasteiger partial charge in [0.1, 0.15) is 11.6 Å². The number of nitrogens with zero attached hydrogens (tertiary/aromatic N) is 4. The molecule has 2 saturated heterocycles. The number of likely N-dealkylation sites (tertiary alicyclic amines) is 1. The van der Waals surface area contributed by atoms with Gasteiger partial charge in [0.05, 0.1) is 5.92 Å². The van der Waals surface area contributed by atoms with E-state index >= 15 is 0 Å². The number of amides is 1. The van der Waals surface area contributed by atoms with Gasteiger partial charge in [-0.15, -0.1) is 0 Å². The van der Waals surface area contributed by atoms with E-state index in [0.29, 0.717) is 25.9 Å². The predicted octanol–water partition coefficient (Wildman–Crippen LogP) is 2.16. The number of piperidine rings is 1. The van der Waals surface area contributed by atoms with Crippen LogP contribution in [0.15, 0.2) is 30.0 Å². The van der Waals surface area contributed by atoms with Crippen LogP contribution in [0.2, 0.25) is 0 Å². The molecule has 0 spiro atoms. The van der Waals surface area contributed by atoms with E-state index in [2.05, 4.69) is 36.9 Å². The highest BCUT2D eigenvalue weighted by atomic mass is 16.4. The smallest absolute Gasteiger partial charge is 0.306 e. The Morgan fingerprint density at radius 1 is 1.10 bits per heavy atom. The highest BCUT2D eigenvalue weighted by molar-refractivity contribution is 5.97. The SMILES string of the molecule is Cc1cccc(N2CCN(/C=C(/C#N)C(=O)N3CCC(C(=O)O)CC3)CC2)c1C. The zero-order valence-corrected chi connectivity index (χ0v) is 17.1. The van der Waals surface area contributed by atoms with Crippen molar-refractivity contribution in [1.82, 2.24) is 9.80 Å². The van der Waals surface area contributed by atoms with Gasteiger partial charge in [0.25, 0.3) is 5.91 Å². The summed E-state index contributed by atoms with van der Waals surface area (Å²) in [5.74, 6) is -1.50. The van der Waals surface area contributed by atoms with Gasteiger partial charge >= 0.3 is 5.97 Å². The first-order valence-corrected chi connectivity index (χ1v) is 10.1. The van der Waals surface area contributed by atoms with Crippen LogP contribution in [-0.4, -0.2) is 66.1 Å². The van der Waals surface area contributed by atoms with Crippen LogP contribution in [0.25, 0.3) is 0 Å². The number of aliphatic carboxylic acids is 1. The minimum Gasteiger partial charge on any atom is -0.481 e. The molecule has 7 heteroatoms. The van der Waals surface area contributed by atoms with Gasteiger partial charge < -0.3 is 19.8 Å². The second kappa shape index (κ2) is 8.99. The summed E-state index contributed by atoms with van der Waals surface area (Å²) in [6.45, 7) is 8.17. The summed E-state index contributed by atoms with van der Waals surface area (Å²) in [5, 5.41) is 18.6. The summed E-state index contributed by atoms with van der Waals surface area (Å²) < 4.78 is 0. The fourth-order valence-electron chi connectivity index (χ4n) is 3.98. The number of hydrogen-bond donors (Lipinski definition) is 1. The van der Waals surface area contributed by atoms with Gasteiger partial charge in [-0.2, -0.15) is 5.26 Å². The van der Waals surface area contributed by atoms with Crippen molar-refractivity contribution in [2.75, 3.05) is 44.2 Å². The minimum atomic E-state index is -0.810. The number of hydrogen-bond acceptors (Lipinski definition) is 5. The third-order valence-corrected chi connectivity index (χ3v) is 6.02. The predicted molar refractivity (Wildman–Crippen MR) is 110 cm³/mol. The molecule has 154 valence electrons. The maximum absolute atomic E-state index is 12.7. The summed E-state index contributed by atoms with van der Waals surface area (Å²) in [4.78, 5) is 29.7. The molecule has 0 unspecified atom stereocenters. The van der Waals surface area contributed by atoms with Crippen LogP contribution >= 0.6 is 0 Å². The molecule has 1 aromatic rings. The number of carboxylic acid groups (broad SMARTS) is 1. The second-order valence-electron chi connectivity index (χ2n) is 7.80. The van der Waals surface area contributed by atoms with Gasteiger partial charge in [-0.1, -0.05) is 12.1 Å². The zero-order valence-electron chi connectivity index (χ0n) is 17.1. The van der Waals surface area contributed by atoms with E-state index in [1.165, 1.54) is 16.8 Å². The van der Waals surface area contributed by atoms with E-state index in [1.54, 1.807) is 11.1 Å². The standard InChI is InChI=1S/C22H28N4O3/c1-16-4-3-5-20(17(16)2)25-12-10-24(11-13-25)15-19(14-23)21(27)26-8-6-18(7-9-26)22(28)29/h3-5,15,18H,6-13H2,1-2H3,(H,28,29)/b19-15-. The number of rotatable bonds is 4. The van der Waals surface area contributed by atoms with Gasteiger partial charge in [-0.05, 0) is 43.9 Å². The van der Waals surface area contributed by atoms with Crippen molar-refractivity contribution in [1.29, 1.82) is 5.26 Å². The third-order valence-electron chi connectivity index (χ3n) is 6.02. The average molecular weight is 396 g/mol. The van der Waals surface area contributed by atoms with E-state index < -0.39 is 11.9 Å². The summed E-state index contributed by atoms with van der Waals surface area (Å²) in [6, 6.07) is 8.36. The van der Waals surface area contributed by atoms with Crippen LogP contribution < -0.4 is 4.90 Å². The molecule has 0 aromatic heterocycles. The molecule has 0 radical (unpaired) electrons. The van der Waals surface area contributed by atoms with Crippen LogP contribution in [0.5, 0.6) is 0 Å². The number of anilines is 1. The summed E-state index contributed by atoms with van der Waals surface area (Å²) >= 11 is 0. The normalized spacial score (nSPS) is 18.5. The first-order chi connectivity index (χ1) is 13.9. The Morgan fingerprint density at radius 2 is 1.76 bits per heavy atom. The van der Waals surface area contributed by atoms with Gasteiger partial charge in [-0.3, -0.25) is 9.59 Å². The third kappa shape index (κ3) is 4.70. The Balaban J connectivity index is 1.60. The molecule has 0 aliphatic carbocycles.